The van der Waals surface area contributed by atoms with Gasteiger partial charge >= 0.3 is 0 Å². The molecule has 0 bridgehead atoms. The van der Waals surface area contributed by atoms with E-state index in [0.717, 1.165) is 5.75 Å². The zero-order valence-electron chi connectivity index (χ0n) is 12.9. The number of nitrogens with zero attached hydrogens (tertiary/aromatic N) is 1. The van der Waals surface area contributed by atoms with Crippen LogP contribution in [-0.4, -0.2) is 44.6 Å². The van der Waals surface area contributed by atoms with Crippen molar-refractivity contribution in [1.29, 1.82) is 0 Å². The summed E-state index contributed by atoms with van der Waals surface area (Å²) in [7, 11) is -1.65. The van der Waals surface area contributed by atoms with Crippen LogP contribution in [0.3, 0.4) is 0 Å². The minimum Gasteiger partial charge on any atom is -0.497 e. The zero-order chi connectivity index (χ0) is 16.2. The summed E-state index contributed by atoms with van der Waals surface area (Å²) >= 11 is 0. The molecule has 1 amide bonds. The Balaban J connectivity index is 1.99. The highest BCUT2D eigenvalue weighted by Gasteiger charge is 2.31. The summed E-state index contributed by atoms with van der Waals surface area (Å²) in [5.41, 5.74) is 0.682. The van der Waals surface area contributed by atoms with E-state index >= 15 is 0 Å². The molecular formula is C15H22N2O4S. The summed E-state index contributed by atoms with van der Waals surface area (Å²) in [6, 6.07) is 7.06. The third-order valence-electron chi connectivity index (χ3n) is 3.87. The van der Waals surface area contributed by atoms with E-state index in [-0.39, 0.29) is 24.1 Å². The van der Waals surface area contributed by atoms with Gasteiger partial charge in [-0.2, -0.15) is 0 Å². The Bertz CT molecular complexity index is 613. The third kappa shape index (κ3) is 3.98. The van der Waals surface area contributed by atoms with E-state index in [1.54, 1.807) is 38.3 Å². The minimum atomic E-state index is -3.23. The molecule has 0 aliphatic carbocycles. The second-order valence-corrected chi connectivity index (χ2v) is 7.57. The number of carbonyl (C=O) groups is 1. The number of methoxy groups -OCH3 is 1. The van der Waals surface area contributed by atoms with E-state index in [9.17, 15) is 13.2 Å². The lowest BCUT2D eigenvalue weighted by molar-refractivity contribution is -0.120. The zero-order valence-corrected chi connectivity index (χ0v) is 13.7. The number of benzene rings is 1. The summed E-state index contributed by atoms with van der Waals surface area (Å²) in [6.45, 7) is 2.39. The molecule has 0 radical (unpaired) electrons. The monoisotopic (exact) mass is 326 g/mol. The van der Waals surface area contributed by atoms with Crippen LogP contribution in [0.1, 0.15) is 19.8 Å². The lowest BCUT2D eigenvalue weighted by Crippen LogP contribution is -2.44. The van der Waals surface area contributed by atoms with Gasteiger partial charge in [0.15, 0.2) is 0 Å². The Morgan fingerprint density at radius 2 is 2.05 bits per heavy atom. The van der Waals surface area contributed by atoms with Gasteiger partial charge in [0.25, 0.3) is 0 Å². The first-order valence-electron chi connectivity index (χ1n) is 7.39. The molecule has 22 heavy (non-hydrogen) atoms. The maximum atomic E-state index is 12.3. The molecule has 6 nitrogen and oxygen atoms in total. The Hall–Kier alpha value is -1.60. The number of hydrogen-bond acceptors (Lipinski definition) is 4. The summed E-state index contributed by atoms with van der Waals surface area (Å²) in [5.74, 6) is 0.342. The highest BCUT2D eigenvalue weighted by Crippen LogP contribution is 2.22. The first kappa shape index (κ1) is 16.8. The SMILES string of the molecule is CCS(=O)(=O)N1CCC[C@@H](C(=O)Nc2ccc(OC)cc2)C1. The molecule has 1 aliphatic heterocycles. The molecule has 1 fully saturated rings. The number of carbonyl (C=O) groups excluding carboxylic acids is 1. The molecular weight excluding hydrogens is 304 g/mol. The van der Waals surface area contributed by atoms with Crippen molar-refractivity contribution in [3.05, 3.63) is 24.3 Å². The van der Waals surface area contributed by atoms with Gasteiger partial charge in [-0.25, -0.2) is 12.7 Å². The standard InChI is InChI=1S/C15H22N2O4S/c1-3-22(19,20)17-10-4-5-12(11-17)15(18)16-13-6-8-14(21-2)9-7-13/h6-9,12H,3-5,10-11H2,1-2H3,(H,16,18)/t12-/m1/s1. The van der Waals surface area contributed by atoms with Gasteiger partial charge in [-0.15, -0.1) is 0 Å². The van der Waals surface area contributed by atoms with Crippen molar-refractivity contribution in [3.63, 3.8) is 0 Å². The second-order valence-electron chi connectivity index (χ2n) is 5.32. The van der Waals surface area contributed by atoms with Crippen LogP contribution in [-0.2, 0) is 14.8 Å². The maximum absolute atomic E-state index is 12.3. The molecule has 1 N–H and O–H groups in total. The quantitative estimate of drug-likeness (QED) is 0.893. The lowest BCUT2D eigenvalue weighted by Gasteiger charge is -2.30. The number of nitrogens with one attached hydrogen (secondary N) is 1. The predicted molar refractivity (Wildman–Crippen MR) is 85.4 cm³/mol. The molecule has 1 heterocycles. The van der Waals surface area contributed by atoms with Crippen LogP contribution in [0.4, 0.5) is 5.69 Å². The van der Waals surface area contributed by atoms with Gasteiger partial charge in [0, 0.05) is 18.8 Å². The van der Waals surface area contributed by atoms with Crippen molar-refractivity contribution < 1.29 is 17.9 Å². The fourth-order valence-electron chi connectivity index (χ4n) is 2.51. The van der Waals surface area contributed by atoms with Crippen molar-refractivity contribution in [2.75, 3.05) is 31.3 Å². The fourth-order valence-corrected chi connectivity index (χ4v) is 3.69. The van der Waals surface area contributed by atoms with Gasteiger partial charge in [0.05, 0.1) is 18.8 Å². The van der Waals surface area contributed by atoms with Crippen LogP contribution in [0.5, 0.6) is 5.75 Å². The molecule has 0 unspecified atom stereocenters. The van der Waals surface area contributed by atoms with E-state index in [0.29, 0.717) is 25.1 Å². The van der Waals surface area contributed by atoms with Crippen molar-refractivity contribution in [1.82, 2.24) is 4.31 Å². The predicted octanol–water partition coefficient (Wildman–Crippen LogP) is 1.70. The number of hydrogen-bond donors (Lipinski definition) is 1. The van der Waals surface area contributed by atoms with E-state index in [1.165, 1.54) is 4.31 Å². The molecule has 0 saturated carbocycles. The Kier molecular flexibility index (Phi) is 5.42. The average Bonchev–Trinajstić information content (AvgIpc) is 2.55. The smallest absolute Gasteiger partial charge is 0.228 e. The van der Waals surface area contributed by atoms with Crippen LogP contribution in [0, 0.1) is 5.92 Å². The van der Waals surface area contributed by atoms with E-state index in [2.05, 4.69) is 5.32 Å². The van der Waals surface area contributed by atoms with Crippen molar-refractivity contribution in [2.45, 2.75) is 19.8 Å². The molecule has 1 aromatic carbocycles. The van der Waals surface area contributed by atoms with Crippen molar-refractivity contribution in [3.8, 4) is 5.75 Å². The molecule has 7 heteroatoms. The fraction of sp³-hybridized carbons (Fsp3) is 0.533. The van der Waals surface area contributed by atoms with Gasteiger partial charge in [-0.05, 0) is 44.0 Å². The van der Waals surface area contributed by atoms with Crippen molar-refractivity contribution >= 4 is 21.6 Å². The van der Waals surface area contributed by atoms with Crippen LogP contribution >= 0.6 is 0 Å². The maximum Gasteiger partial charge on any atom is 0.228 e. The van der Waals surface area contributed by atoms with E-state index < -0.39 is 10.0 Å². The molecule has 122 valence electrons. The van der Waals surface area contributed by atoms with Crippen LogP contribution < -0.4 is 10.1 Å². The molecule has 1 saturated heterocycles. The summed E-state index contributed by atoms with van der Waals surface area (Å²) < 4.78 is 30.4. The van der Waals surface area contributed by atoms with Gasteiger partial charge in [-0.3, -0.25) is 4.79 Å². The summed E-state index contributed by atoms with van der Waals surface area (Å²) in [4.78, 5) is 12.3. The van der Waals surface area contributed by atoms with Gasteiger partial charge < -0.3 is 10.1 Å². The Morgan fingerprint density at radius 1 is 1.36 bits per heavy atom. The van der Waals surface area contributed by atoms with Gasteiger partial charge in [-0.1, -0.05) is 0 Å². The first-order valence-corrected chi connectivity index (χ1v) is 9.00. The number of anilines is 1. The Labute approximate surface area is 131 Å². The number of sulfonamides is 1. The number of rotatable bonds is 5. The number of amides is 1. The van der Waals surface area contributed by atoms with Gasteiger partial charge in [0.2, 0.25) is 15.9 Å². The highest BCUT2D eigenvalue weighted by atomic mass is 32.2. The summed E-state index contributed by atoms with van der Waals surface area (Å²) in [6.07, 6.45) is 1.41. The molecule has 1 aliphatic rings. The highest BCUT2D eigenvalue weighted by molar-refractivity contribution is 7.89. The Morgan fingerprint density at radius 3 is 2.64 bits per heavy atom. The summed E-state index contributed by atoms with van der Waals surface area (Å²) in [5, 5.41) is 2.84. The van der Waals surface area contributed by atoms with Crippen LogP contribution in [0.2, 0.25) is 0 Å². The van der Waals surface area contributed by atoms with Gasteiger partial charge in [0.1, 0.15) is 5.75 Å². The normalized spacial score (nSPS) is 19.6. The molecule has 0 spiro atoms. The minimum absolute atomic E-state index is 0.0693. The molecule has 2 rings (SSSR count). The van der Waals surface area contributed by atoms with E-state index in [1.807, 2.05) is 0 Å². The van der Waals surface area contributed by atoms with Crippen molar-refractivity contribution in [2.24, 2.45) is 5.92 Å². The van der Waals surface area contributed by atoms with Crippen LogP contribution in [0.25, 0.3) is 0 Å². The lowest BCUT2D eigenvalue weighted by atomic mass is 9.99. The average molecular weight is 326 g/mol. The topological polar surface area (TPSA) is 75.7 Å². The second kappa shape index (κ2) is 7.11. The molecule has 1 atom stereocenters. The number of piperidine rings is 1. The van der Waals surface area contributed by atoms with Crippen LogP contribution in [0.15, 0.2) is 24.3 Å². The number of ether oxygens (including phenoxy) is 1. The first-order chi connectivity index (χ1) is 10.5. The molecule has 0 aromatic heterocycles. The third-order valence-corrected chi connectivity index (χ3v) is 5.72. The largest absolute Gasteiger partial charge is 0.497 e. The molecule has 1 aromatic rings. The van der Waals surface area contributed by atoms with E-state index in [4.69, 9.17) is 4.74 Å².